The van der Waals surface area contributed by atoms with E-state index in [4.69, 9.17) is 4.74 Å². The van der Waals surface area contributed by atoms with Crippen molar-refractivity contribution in [1.29, 1.82) is 0 Å². The van der Waals surface area contributed by atoms with Crippen LogP contribution in [0.25, 0.3) is 0 Å². The lowest BCUT2D eigenvalue weighted by molar-refractivity contribution is -0.140. The Morgan fingerprint density at radius 2 is 1.77 bits per heavy atom. The van der Waals surface area contributed by atoms with Gasteiger partial charge in [0.05, 0.1) is 5.57 Å². The van der Waals surface area contributed by atoms with Gasteiger partial charge in [-0.25, -0.2) is 4.79 Å². The van der Waals surface area contributed by atoms with Crippen LogP contribution in [0.4, 0.5) is 0 Å². The van der Waals surface area contributed by atoms with Gasteiger partial charge in [-0.2, -0.15) is 0 Å². The Hall–Kier alpha value is -2.66. The normalized spacial score (nSPS) is 20.3. The number of dihydropyridines is 1. The summed E-state index contributed by atoms with van der Waals surface area (Å²) in [5.74, 6) is -0.741. The van der Waals surface area contributed by atoms with Gasteiger partial charge in [-0.3, -0.25) is 4.79 Å². The van der Waals surface area contributed by atoms with Gasteiger partial charge in [-0.05, 0) is 42.0 Å². The van der Waals surface area contributed by atoms with E-state index in [1.165, 1.54) is 0 Å². The summed E-state index contributed by atoms with van der Waals surface area (Å²) >= 11 is 3.48. The summed E-state index contributed by atoms with van der Waals surface area (Å²) in [6, 6.07) is 17.4. The van der Waals surface area contributed by atoms with Crippen LogP contribution in [-0.2, 0) is 20.9 Å². The van der Waals surface area contributed by atoms with Crippen molar-refractivity contribution in [3.8, 4) is 0 Å². The second kappa shape index (κ2) is 8.46. The number of carbonyl (C=O) groups excluding carboxylic acids is 2. The van der Waals surface area contributed by atoms with Crippen LogP contribution in [-0.4, -0.2) is 11.8 Å². The lowest BCUT2D eigenvalue weighted by Gasteiger charge is -2.39. The quantitative estimate of drug-likeness (QED) is 0.563. The van der Waals surface area contributed by atoms with Gasteiger partial charge in [-0.1, -0.05) is 72.2 Å². The molecule has 1 N–H and O–H groups in total. The number of allylic oxidation sites excluding steroid dienone is 3. The van der Waals surface area contributed by atoms with E-state index in [0.717, 1.165) is 33.4 Å². The molecule has 2 aliphatic rings. The van der Waals surface area contributed by atoms with Gasteiger partial charge in [0.25, 0.3) is 0 Å². The molecule has 4 nitrogen and oxygen atoms in total. The Kier molecular flexibility index (Phi) is 5.89. The molecule has 0 aromatic heterocycles. The van der Waals surface area contributed by atoms with E-state index < -0.39 is 11.9 Å². The highest BCUT2D eigenvalue weighted by Gasteiger charge is 2.43. The number of rotatable bonds is 4. The predicted molar refractivity (Wildman–Crippen MR) is 124 cm³/mol. The third-order valence-corrected chi connectivity index (χ3v) is 6.40. The summed E-state index contributed by atoms with van der Waals surface area (Å²) in [7, 11) is 0. The summed E-state index contributed by atoms with van der Waals surface area (Å²) < 4.78 is 6.64. The van der Waals surface area contributed by atoms with E-state index in [0.29, 0.717) is 17.6 Å². The van der Waals surface area contributed by atoms with Crippen LogP contribution in [0, 0.1) is 5.41 Å². The molecule has 2 aromatic rings. The number of nitrogens with one attached hydrogen (secondary N) is 1. The fraction of sp³-hybridized carbons (Fsp3) is 0.308. The SMILES string of the molecule is CC1=C(C(=O)OCc2ccccc2)C(c2ccc(Br)cc2)C2=C(CC(C)(C)CC2=O)N1. The number of hydrogen-bond acceptors (Lipinski definition) is 4. The topological polar surface area (TPSA) is 55.4 Å². The van der Waals surface area contributed by atoms with Gasteiger partial charge >= 0.3 is 5.97 Å². The molecule has 1 aliphatic carbocycles. The zero-order chi connectivity index (χ0) is 22.2. The maximum Gasteiger partial charge on any atom is 0.337 e. The average Bonchev–Trinajstić information content (AvgIpc) is 2.71. The molecule has 0 saturated carbocycles. The van der Waals surface area contributed by atoms with Gasteiger partial charge in [0.15, 0.2) is 5.78 Å². The van der Waals surface area contributed by atoms with Crippen molar-refractivity contribution in [1.82, 2.24) is 5.32 Å². The zero-order valence-electron chi connectivity index (χ0n) is 18.0. The molecule has 31 heavy (non-hydrogen) atoms. The lowest BCUT2D eigenvalue weighted by Crippen LogP contribution is -2.38. The first kappa shape index (κ1) is 21.6. The molecule has 0 spiro atoms. The number of hydrogen-bond donors (Lipinski definition) is 1. The number of carbonyl (C=O) groups is 2. The van der Waals surface area contributed by atoms with Crippen molar-refractivity contribution in [2.45, 2.75) is 46.1 Å². The van der Waals surface area contributed by atoms with E-state index in [9.17, 15) is 9.59 Å². The van der Waals surface area contributed by atoms with Crippen LogP contribution in [0.1, 0.15) is 50.7 Å². The van der Waals surface area contributed by atoms with Crippen molar-refractivity contribution in [2.75, 3.05) is 0 Å². The maximum atomic E-state index is 13.3. The van der Waals surface area contributed by atoms with Gasteiger partial charge < -0.3 is 10.1 Å². The fourth-order valence-electron chi connectivity index (χ4n) is 4.50. The first-order chi connectivity index (χ1) is 14.7. The van der Waals surface area contributed by atoms with Gasteiger partial charge in [-0.15, -0.1) is 0 Å². The summed E-state index contributed by atoms with van der Waals surface area (Å²) in [5, 5.41) is 3.37. The molecule has 4 rings (SSSR count). The van der Waals surface area contributed by atoms with Crippen LogP contribution in [0.3, 0.4) is 0 Å². The Bertz CT molecular complexity index is 1080. The molecule has 1 aliphatic heterocycles. The molecule has 0 fully saturated rings. The van der Waals surface area contributed by atoms with Crippen molar-refractivity contribution < 1.29 is 14.3 Å². The van der Waals surface area contributed by atoms with Crippen LogP contribution in [0.5, 0.6) is 0 Å². The Morgan fingerprint density at radius 3 is 2.45 bits per heavy atom. The number of ketones is 1. The standard InChI is InChI=1S/C26H26BrNO3/c1-16-22(25(30)31-15-17-7-5-4-6-8-17)23(18-9-11-19(27)12-10-18)24-20(28-16)13-26(2,3)14-21(24)29/h4-12,23,28H,13-15H2,1-3H3. The molecule has 1 heterocycles. The highest BCUT2D eigenvalue weighted by Crippen LogP contribution is 2.46. The second-order valence-corrected chi connectivity index (χ2v) is 9.96. The highest BCUT2D eigenvalue weighted by atomic mass is 79.9. The molecule has 0 amide bonds. The molecular formula is C26H26BrNO3. The minimum atomic E-state index is -0.434. The molecular weight excluding hydrogens is 454 g/mol. The number of ether oxygens (including phenoxy) is 1. The average molecular weight is 480 g/mol. The first-order valence-electron chi connectivity index (χ1n) is 10.5. The largest absolute Gasteiger partial charge is 0.457 e. The van der Waals surface area contributed by atoms with Crippen molar-refractivity contribution in [3.63, 3.8) is 0 Å². The molecule has 1 atom stereocenters. The Balaban J connectivity index is 1.73. The minimum Gasteiger partial charge on any atom is -0.457 e. The highest BCUT2D eigenvalue weighted by molar-refractivity contribution is 9.10. The van der Waals surface area contributed by atoms with Gasteiger partial charge in [0.1, 0.15) is 6.61 Å². The molecule has 0 saturated heterocycles. The molecule has 2 aromatic carbocycles. The summed E-state index contributed by atoms with van der Waals surface area (Å²) in [6.07, 6.45) is 1.23. The van der Waals surface area contributed by atoms with E-state index >= 15 is 0 Å². The van der Waals surface area contributed by atoms with Crippen molar-refractivity contribution >= 4 is 27.7 Å². The Morgan fingerprint density at radius 1 is 1.10 bits per heavy atom. The maximum absolute atomic E-state index is 13.3. The van der Waals surface area contributed by atoms with E-state index in [2.05, 4.69) is 35.1 Å². The molecule has 0 radical (unpaired) electrons. The van der Waals surface area contributed by atoms with Gasteiger partial charge in [0, 0.05) is 33.8 Å². The summed E-state index contributed by atoms with van der Waals surface area (Å²) in [5.41, 5.74) is 4.59. The van der Waals surface area contributed by atoms with Crippen LogP contribution in [0.2, 0.25) is 0 Å². The summed E-state index contributed by atoms with van der Waals surface area (Å²) in [6.45, 7) is 6.29. The molecule has 160 valence electrons. The number of benzene rings is 2. The number of Topliss-reactive ketones (excluding diaryl/α,β-unsaturated/α-hetero) is 1. The third-order valence-electron chi connectivity index (χ3n) is 5.88. The van der Waals surface area contributed by atoms with Crippen molar-refractivity contribution in [2.24, 2.45) is 5.41 Å². The van der Waals surface area contributed by atoms with Crippen LogP contribution in [0.15, 0.2) is 81.6 Å². The third kappa shape index (κ3) is 4.52. The summed E-state index contributed by atoms with van der Waals surface area (Å²) in [4.78, 5) is 26.5. The van der Waals surface area contributed by atoms with E-state index in [1.54, 1.807) is 0 Å². The van der Waals surface area contributed by atoms with Crippen LogP contribution >= 0.6 is 15.9 Å². The lowest BCUT2D eigenvalue weighted by atomic mass is 9.68. The second-order valence-electron chi connectivity index (χ2n) is 9.04. The molecule has 0 bridgehead atoms. The molecule has 5 heteroatoms. The number of esters is 1. The first-order valence-corrected chi connectivity index (χ1v) is 11.2. The fourth-order valence-corrected chi connectivity index (χ4v) is 4.76. The van der Waals surface area contributed by atoms with Crippen molar-refractivity contribution in [3.05, 3.63) is 92.7 Å². The van der Waals surface area contributed by atoms with E-state index in [1.807, 2.05) is 61.5 Å². The van der Waals surface area contributed by atoms with Gasteiger partial charge in [0.2, 0.25) is 0 Å². The predicted octanol–water partition coefficient (Wildman–Crippen LogP) is 5.80. The smallest absolute Gasteiger partial charge is 0.337 e. The Labute approximate surface area is 191 Å². The molecule has 1 unspecified atom stereocenters. The number of halogens is 1. The monoisotopic (exact) mass is 479 g/mol. The zero-order valence-corrected chi connectivity index (χ0v) is 19.6. The van der Waals surface area contributed by atoms with Crippen LogP contribution < -0.4 is 5.32 Å². The minimum absolute atomic E-state index is 0.0903. The van der Waals surface area contributed by atoms with E-state index in [-0.39, 0.29) is 17.8 Å².